The Bertz CT molecular complexity index is 667. The molecule has 3 rings (SSSR count). The largest absolute Gasteiger partial charge is 0.394 e. The van der Waals surface area contributed by atoms with E-state index in [-0.39, 0.29) is 23.8 Å². The first kappa shape index (κ1) is 17.8. The van der Waals surface area contributed by atoms with E-state index < -0.39 is 5.54 Å². The fourth-order valence-corrected chi connectivity index (χ4v) is 4.32. The van der Waals surface area contributed by atoms with Crippen LogP contribution in [0.2, 0.25) is 0 Å². The minimum Gasteiger partial charge on any atom is -0.394 e. The first-order chi connectivity index (χ1) is 11.8. The maximum Gasteiger partial charge on any atom is 0.256 e. The normalized spacial score (nSPS) is 25.4. The summed E-state index contributed by atoms with van der Waals surface area (Å²) in [5, 5.41) is 9.80. The lowest BCUT2D eigenvalue weighted by molar-refractivity contribution is -0.134. The van der Waals surface area contributed by atoms with E-state index in [1.54, 1.807) is 31.1 Å². The second-order valence-electron chi connectivity index (χ2n) is 7.75. The quantitative estimate of drug-likeness (QED) is 0.864. The summed E-state index contributed by atoms with van der Waals surface area (Å²) in [6.07, 6.45) is 5.61. The Morgan fingerprint density at radius 2 is 1.84 bits per heavy atom. The number of carbonyl (C=O) groups is 2. The molecule has 1 N–H and O–H groups in total. The molecule has 2 aliphatic rings. The molecule has 0 bridgehead atoms. The molecule has 1 spiro atoms. The van der Waals surface area contributed by atoms with E-state index in [2.05, 4.69) is 9.97 Å². The summed E-state index contributed by atoms with van der Waals surface area (Å²) in [7, 11) is 0. The third-order valence-corrected chi connectivity index (χ3v) is 5.76. The number of rotatable bonds is 2. The van der Waals surface area contributed by atoms with Crippen LogP contribution < -0.4 is 0 Å². The van der Waals surface area contributed by atoms with Crippen molar-refractivity contribution in [2.45, 2.75) is 45.6 Å². The van der Waals surface area contributed by atoms with Crippen LogP contribution in [0.5, 0.6) is 0 Å². The summed E-state index contributed by atoms with van der Waals surface area (Å²) < 4.78 is 0. The van der Waals surface area contributed by atoms with E-state index in [1.165, 1.54) is 0 Å². The van der Waals surface area contributed by atoms with Gasteiger partial charge in [0, 0.05) is 39.0 Å². The highest BCUT2D eigenvalue weighted by atomic mass is 16.3. The predicted molar refractivity (Wildman–Crippen MR) is 91.8 cm³/mol. The van der Waals surface area contributed by atoms with E-state index in [4.69, 9.17) is 0 Å². The Labute approximate surface area is 148 Å². The van der Waals surface area contributed by atoms with Crippen molar-refractivity contribution in [3.63, 3.8) is 0 Å². The minimum absolute atomic E-state index is 0.00346. The average molecular weight is 346 g/mol. The molecule has 2 aliphatic heterocycles. The number of nitrogens with zero attached hydrogens (tertiary/aromatic N) is 4. The van der Waals surface area contributed by atoms with Gasteiger partial charge in [-0.3, -0.25) is 9.59 Å². The molecule has 25 heavy (non-hydrogen) atoms. The van der Waals surface area contributed by atoms with Gasteiger partial charge in [-0.2, -0.15) is 0 Å². The van der Waals surface area contributed by atoms with Gasteiger partial charge >= 0.3 is 0 Å². The van der Waals surface area contributed by atoms with Crippen LogP contribution in [0.1, 0.15) is 49.3 Å². The zero-order chi connectivity index (χ0) is 18.2. The van der Waals surface area contributed by atoms with Gasteiger partial charge in [-0.05, 0) is 38.5 Å². The third-order valence-electron chi connectivity index (χ3n) is 5.76. The molecule has 2 fully saturated rings. The molecule has 0 aliphatic carbocycles. The molecular formula is C18H26N4O3. The molecule has 0 saturated carbocycles. The lowest BCUT2D eigenvalue weighted by Crippen LogP contribution is -2.46. The smallest absolute Gasteiger partial charge is 0.256 e. The summed E-state index contributed by atoms with van der Waals surface area (Å²) >= 11 is 0. The van der Waals surface area contributed by atoms with Crippen molar-refractivity contribution in [2.75, 3.05) is 26.2 Å². The molecule has 0 radical (unpaired) electrons. The van der Waals surface area contributed by atoms with E-state index in [9.17, 15) is 14.7 Å². The first-order valence-corrected chi connectivity index (χ1v) is 8.76. The van der Waals surface area contributed by atoms with Crippen molar-refractivity contribution in [3.05, 3.63) is 23.8 Å². The van der Waals surface area contributed by atoms with Gasteiger partial charge in [-0.1, -0.05) is 0 Å². The fraction of sp³-hybridized carbons (Fsp3) is 0.667. The number of aromatic nitrogens is 2. The van der Waals surface area contributed by atoms with Gasteiger partial charge in [0.1, 0.15) is 5.82 Å². The highest BCUT2D eigenvalue weighted by molar-refractivity contribution is 5.93. The fourth-order valence-electron chi connectivity index (χ4n) is 4.32. The van der Waals surface area contributed by atoms with Gasteiger partial charge in [-0.25, -0.2) is 9.97 Å². The first-order valence-electron chi connectivity index (χ1n) is 8.76. The molecule has 1 aromatic heterocycles. The zero-order valence-corrected chi connectivity index (χ0v) is 15.2. The molecule has 2 amide bonds. The summed E-state index contributed by atoms with van der Waals surface area (Å²) in [6, 6.07) is 0. The Kier molecular flexibility index (Phi) is 4.53. The lowest BCUT2D eigenvalue weighted by Gasteiger charge is -2.39. The van der Waals surface area contributed by atoms with Gasteiger partial charge < -0.3 is 14.9 Å². The molecule has 136 valence electrons. The second-order valence-corrected chi connectivity index (χ2v) is 7.75. The van der Waals surface area contributed by atoms with Crippen molar-refractivity contribution in [1.29, 1.82) is 0 Å². The highest BCUT2D eigenvalue weighted by Gasteiger charge is 2.52. The van der Waals surface area contributed by atoms with Crippen molar-refractivity contribution < 1.29 is 14.7 Å². The van der Waals surface area contributed by atoms with Crippen molar-refractivity contribution in [1.82, 2.24) is 19.8 Å². The number of carbonyl (C=O) groups excluding carboxylic acids is 2. The van der Waals surface area contributed by atoms with E-state index in [1.807, 2.05) is 11.8 Å². The molecule has 2 saturated heterocycles. The zero-order valence-electron chi connectivity index (χ0n) is 15.2. The van der Waals surface area contributed by atoms with Crippen LogP contribution in [-0.2, 0) is 4.79 Å². The molecule has 7 nitrogen and oxygen atoms in total. The van der Waals surface area contributed by atoms with Crippen LogP contribution in [0, 0.1) is 12.3 Å². The van der Waals surface area contributed by atoms with Crippen LogP contribution in [-0.4, -0.2) is 68.5 Å². The van der Waals surface area contributed by atoms with Gasteiger partial charge in [0.25, 0.3) is 5.91 Å². The highest BCUT2D eigenvalue weighted by Crippen LogP contribution is 2.48. The standard InChI is InChI=1S/C18H26N4O3/c1-13-19-8-15(9-20-13)16(25)21-6-4-18(5-7-21)10-17(3,12-23)22(11-18)14(2)24/h8-9,23H,4-7,10-12H2,1-3H3. The second kappa shape index (κ2) is 6.37. The lowest BCUT2D eigenvalue weighted by atomic mass is 9.74. The summed E-state index contributed by atoms with van der Waals surface area (Å²) in [5.41, 5.74) is 0.00510. The molecule has 1 aromatic rings. The van der Waals surface area contributed by atoms with Crippen LogP contribution in [0.4, 0.5) is 0 Å². The SMILES string of the molecule is CC(=O)N1CC2(CCN(C(=O)c3cnc(C)nc3)CC2)CC1(C)CO. The summed E-state index contributed by atoms with van der Waals surface area (Å²) in [4.78, 5) is 36.4. The Hall–Kier alpha value is -2.02. The molecule has 3 heterocycles. The van der Waals surface area contributed by atoms with Crippen molar-refractivity contribution in [3.8, 4) is 0 Å². The molecule has 1 atom stereocenters. The summed E-state index contributed by atoms with van der Waals surface area (Å²) in [6.45, 7) is 7.23. The Morgan fingerprint density at radius 3 is 2.32 bits per heavy atom. The van der Waals surface area contributed by atoms with E-state index >= 15 is 0 Å². The maximum atomic E-state index is 12.6. The van der Waals surface area contributed by atoms with E-state index in [0.717, 1.165) is 19.3 Å². The van der Waals surface area contributed by atoms with Gasteiger partial charge in [0.2, 0.25) is 5.91 Å². The molecule has 7 heteroatoms. The van der Waals surface area contributed by atoms with Crippen molar-refractivity contribution >= 4 is 11.8 Å². The third kappa shape index (κ3) is 3.25. The minimum atomic E-state index is -0.497. The summed E-state index contributed by atoms with van der Waals surface area (Å²) in [5.74, 6) is 0.609. The van der Waals surface area contributed by atoms with Crippen LogP contribution in [0.3, 0.4) is 0 Å². The number of aliphatic hydroxyl groups is 1. The topological polar surface area (TPSA) is 86.6 Å². The molecule has 1 unspecified atom stereocenters. The average Bonchev–Trinajstić information content (AvgIpc) is 2.89. The van der Waals surface area contributed by atoms with E-state index in [0.29, 0.717) is 31.0 Å². The molecule has 0 aromatic carbocycles. The molecular weight excluding hydrogens is 320 g/mol. The number of hydrogen-bond acceptors (Lipinski definition) is 5. The Balaban J connectivity index is 1.68. The van der Waals surface area contributed by atoms with Crippen LogP contribution in [0.15, 0.2) is 12.4 Å². The van der Waals surface area contributed by atoms with Crippen LogP contribution in [0.25, 0.3) is 0 Å². The van der Waals surface area contributed by atoms with Gasteiger partial charge in [0.15, 0.2) is 0 Å². The maximum absolute atomic E-state index is 12.6. The predicted octanol–water partition coefficient (Wildman–Crippen LogP) is 1.01. The number of aliphatic hydroxyl groups excluding tert-OH is 1. The number of hydrogen-bond donors (Lipinski definition) is 1. The number of aryl methyl sites for hydroxylation is 1. The number of likely N-dealkylation sites (tertiary alicyclic amines) is 2. The van der Waals surface area contributed by atoms with Gasteiger partial charge in [-0.15, -0.1) is 0 Å². The van der Waals surface area contributed by atoms with Crippen molar-refractivity contribution in [2.24, 2.45) is 5.41 Å². The van der Waals surface area contributed by atoms with Gasteiger partial charge in [0.05, 0.1) is 17.7 Å². The Morgan fingerprint density at radius 1 is 1.24 bits per heavy atom. The van der Waals surface area contributed by atoms with Crippen LogP contribution >= 0.6 is 0 Å². The number of piperidine rings is 1. The number of amides is 2. The monoisotopic (exact) mass is 346 g/mol.